The molecule has 3 fully saturated rings. The molecule has 0 saturated heterocycles. The van der Waals surface area contributed by atoms with Gasteiger partial charge in [0.25, 0.3) is 0 Å². The highest BCUT2D eigenvalue weighted by Crippen LogP contribution is 2.26. The molecule has 0 aromatic carbocycles. The Kier molecular flexibility index (Phi) is 12.6. The number of rotatable bonds is 0. The molecule has 0 amide bonds. The van der Waals surface area contributed by atoms with Crippen molar-refractivity contribution in [1.29, 1.82) is 0 Å². The fraction of sp³-hybridized carbons (Fsp3) is 1.00. The highest BCUT2D eigenvalue weighted by Gasteiger charge is 2.12. The Morgan fingerprint density at radius 2 is 0.765 bits per heavy atom. The molecule has 0 atom stereocenters. The minimum Gasteiger partial charge on any atom is -0.0776 e. The molecule has 0 N–H and O–H groups in total. The van der Waals surface area contributed by atoms with Gasteiger partial charge in [-0.05, 0) is 17.8 Å². The van der Waals surface area contributed by atoms with E-state index in [4.69, 9.17) is 0 Å². The van der Waals surface area contributed by atoms with Crippen LogP contribution in [0.2, 0.25) is 0 Å². The maximum absolute atomic E-state index is 2.34. The van der Waals surface area contributed by atoms with Crippen LogP contribution in [-0.2, 0) is 0 Å². The fourth-order valence-electron chi connectivity index (χ4n) is 1.91. The van der Waals surface area contributed by atoms with Crippen LogP contribution in [0.1, 0.15) is 93.4 Å². The van der Waals surface area contributed by atoms with Crippen LogP contribution in [0.25, 0.3) is 0 Å². The summed E-state index contributed by atoms with van der Waals surface area (Å²) in [5.74, 6) is 3.19. The lowest BCUT2D eigenvalue weighted by Gasteiger charge is -2.18. The Morgan fingerprint density at radius 1 is 0.471 bits per heavy atom. The fourth-order valence-corrected chi connectivity index (χ4v) is 1.91. The van der Waals surface area contributed by atoms with E-state index in [0.29, 0.717) is 0 Å². The van der Waals surface area contributed by atoms with E-state index in [2.05, 4.69) is 20.8 Å². The van der Waals surface area contributed by atoms with Crippen LogP contribution in [-0.4, -0.2) is 0 Å². The smallest absolute Gasteiger partial charge is 0.0443 e. The molecule has 0 radical (unpaired) electrons. The van der Waals surface area contributed by atoms with Gasteiger partial charge in [-0.3, -0.25) is 0 Å². The maximum atomic E-state index is 2.34. The Balaban J connectivity index is 0. The van der Waals surface area contributed by atoms with Gasteiger partial charge in [-0.1, -0.05) is 93.4 Å². The largest absolute Gasteiger partial charge is 0.0776 e. The van der Waals surface area contributed by atoms with Gasteiger partial charge in [0.2, 0.25) is 0 Å². The molecule has 0 aromatic heterocycles. The van der Waals surface area contributed by atoms with E-state index in [9.17, 15) is 0 Å². The second kappa shape index (κ2) is 11.1. The third-order valence-corrected chi connectivity index (χ3v) is 3.90. The predicted molar refractivity (Wildman–Crippen MR) is 82.5 cm³/mol. The number of hydrogen-bond acceptors (Lipinski definition) is 0. The first kappa shape index (κ1) is 19.3. The van der Waals surface area contributed by atoms with Gasteiger partial charge in [-0.2, -0.15) is 0 Å². The van der Waals surface area contributed by atoms with Gasteiger partial charge in [0, 0.05) is 0 Å². The molecular weight excluding hydrogens is 204 g/mol. The average Bonchev–Trinajstić information content (AvgIpc) is 2.79. The summed E-state index contributed by atoms with van der Waals surface area (Å²) < 4.78 is 0. The van der Waals surface area contributed by atoms with Gasteiger partial charge >= 0.3 is 0 Å². The summed E-state index contributed by atoms with van der Waals surface area (Å²) in [6, 6.07) is 0. The lowest BCUT2D eigenvalue weighted by atomic mass is 9.88. The first-order valence-corrected chi connectivity index (χ1v) is 7.18. The van der Waals surface area contributed by atoms with Crippen molar-refractivity contribution in [2.45, 2.75) is 93.4 Å². The van der Waals surface area contributed by atoms with Crippen molar-refractivity contribution in [2.75, 3.05) is 0 Å². The van der Waals surface area contributed by atoms with Gasteiger partial charge < -0.3 is 0 Å². The normalized spacial score (nSPS) is 22.8. The zero-order chi connectivity index (χ0) is 11.1. The summed E-state index contributed by atoms with van der Waals surface area (Å²) in [6.07, 6.45) is 13.4. The van der Waals surface area contributed by atoms with Crippen LogP contribution >= 0.6 is 0 Å². The monoisotopic (exact) mass is 242 g/mol. The topological polar surface area (TPSA) is 0 Å². The molecule has 0 heteroatoms. The molecule has 0 aliphatic heterocycles. The summed E-state index contributed by atoms with van der Waals surface area (Å²) >= 11 is 0. The first-order valence-electron chi connectivity index (χ1n) is 7.18. The molecule has 0 nitrogen and oxygen atoms in total. The van der Waals surface area contributed by atoms with Crippen molar-refractivity contribution >= 4 is 0 Å². The van der Waals surface area contributed by atoms with E-state index < -0.39 is 0 Å². The summed E-state index contributed by atoms with van der Waals surface area (Å²) in [5.41, 5.74) is 0. The first-order chi connectivity index (χ1) is 7.18. The van der Waals surface area contributed by atoms with Crippen LogP contribution in [0.4, 0.5) is 0 Å². The molecule has 0 heterocycles. The maximum Gasteiger partial charge on any atom is -0.0443 e. The van der Waals surface area contributed by atoms with Crippen LogP contribution in [0, 0.1) is 17.8 Å². The van der Waals surface area contributed by atoms with Crippen molar-refractivity contribution < 1.29 is 0 Å². The van der Waals surface area contributed by atoms with Crippen molar-refractivity contribution in [2.24, 2.45) is 17.8 Å². The van der Waals surface area contributed by atoms with Gasteiger partial charge in [-0.25, -0.2) is 0 Å². The van der Waals surface area contributed by atoms with E-state index in [0.717, 1.165) is 17.8 Å². The van der Waals surface area contributed by atoms with E-state index in [1.54, 1.807) is 0 Å². The lowest BCUT2D eigenvalue weighted by Crippen LogP contribution is -2.04. The van der Waals surface area contributed by atoms with Gasteiger partial charge in [0.05, 0.1) is 0 Å². The van der Waals surface area contributed by atoms with E-state index in [1.807, 2.05) is 0 Å². The summed E-state index contributed by atoms with van der Waals surface area (Å²) in [7, 11) is 0. The summed E-state index contributed by atoms with van der Waals surface area (Å²) in [6.45, 7) is 6.93. The highest BCUT2D eigenvalue weighted by molar-refractivity contribution is 4.65. The third-order valence-electron chi connectivity index (χ3n) is 3.90. The zero-order valence-corrected chi connectivity index (χ0v) is 11.1. The second-order valence-electron chi connectivity index (χ2n) is 6.11. The molecule has 17 heavy (non-hydrogen) atoms. The van der Waals surface area contributed by atoms with Gasteiger partial charge in [0.1, 0.15) is 0 Å². The summed E-state index contributed by atoms with van der Waals surface area (Å²) in [4.78, 5) is 0. The average molecular weight is 242 g/mol. The second-order valence-corrected chi connectivity index (χ2v) is 6.11. The zero-order valence-electron chi connectivity index (χ0n) is 11.1. The quantitative estimate of drug-likeness (QED) is 0.444. The molecule has 3 saturated carbocycles. The molecule has 0 spiro atoms. The Hall–Kier alpha value is 0. The SMILES string of the molecule is C.C.CC1CC1.CC1CCC1.CC1CCCC1. The molecule has 3 aliphatic rings. The molecular formula is C17H38. The minimum atomic E-state index is 0. The van der Waals surface area contributed by atoms with Crippen molar-refractivity contribution in [3.8, 4) is 0 Å². The lowest BCUT2D eigenvalue weighted by molar-refractivity contribution is 0.346. The van der Waals surface area contributed by atoms with Crippen LogP contribution in [0.15, 0.2) is 0 Å². The van der Waals surface area contributed by atoms with Gasteiger partial charge in [-0.15, -0.1) is 0 Å². The van der Waals surface area contributed by atoms with Crippen LogP contribution in [0.3, 0.4) is 0 Å². The van der Waals surface area contributed by atoms with Crippen LogP contribution in [0.5, 0.6) is 0 Å². The molecule has 0 aromatic rings. The molecule has 106 valence electrons. The molecule has 3 aliphatic carbocycles. The van der Waals surface area contributed by atoms with E-state index in [1.165, 1.54) is 57.8 Å². The molecule has 0 unspecified atom stereocenters. The minimum absolute atomic E-state index is 0. The molecule has 0 bridgehead atoms. The van der Waals surface area contributed by atoms with Gasteiger partial charge in [0.15, 0.2) is 0 Å². The molecule has 3 rings (SSSR count). The third kappa shape index (κ3) is 12.2. The Morgan fingerprint density at radius 3 is 0.824 bits per heavy atom. The Bertz CT molecular complexity index is 136. The van der Waals surface area contributed by atoms with Crippen LogP contribution < -0.4 is 0 Å². The summed E-state index contributed by atoms with van der Waals surface area (Å²) in [5, 5.41) is 0. The highest BCUT2D eigenvalue weighted by atomic mass is 14.2. The van der Waals surface area contributed by atoms with E-state index in [-0.39, 0.29) is 14.9 Å². The predicted octanol–water partition coefficient (Wildman–Crippen LogP) is 6.69. The standard InChI is InChI=1S/C6H12.C5H10.C4H8.2CH4/c1-6-4-2-3-5-6;1-5-3-2-4-5;1-4-2-3-4;;/h6H,2-5H2,1H3;5H,2-4H2,1H3;4H,2-3H2,1H3;2*1H4. The van der Waals surface area contributed by atoms with Crippen molar-refractivity contribution in [3.05, 3.63) is 0 Å². The van der Waals surface area contributed by atoms with Crippen molar-refractivity contribution in [1.82, 2.24) is 0 Å². The van der Waals surface area contributed by atoms with E-state index >= 15 is 0 Å². The Labute approximate surface area is 112 Å². The van der Waals surface area contributed by atoms with Crippen molar-refractivity contribution in [3.63, 3.8) is 0 Å². The number of hydrogen-bond donors (Lipinski definition) is 0.